The van der Waals surface area contributed by atoms with Crippen LogP contribution in [-0.2, 0) is 21.9 Å². The van der Waals surface area contributed by atoms with Gasteiger partial charge in [-0.15, -0.1) is 11.8 Å². The average molecular weight is 435 g/mol. The number of halogens is 1. The van der Waals surface area contributed by atoms with Gasteiger partial charge in [-0.25, -0.2) is 0 Å². The van der Waals surface area contributed by atoms with Gasteiger partial charge in [-0.1, -0.05) is 35.9 Å². The monoisotopic (exact) mass is 434 g/mol. The van der Waals surface area contributed by atoms with Crippen LogP contribution in [-0.4, -0.2) is 42.2 Å². The van der Waals surface area contributed by atoms with Gasteiger partial charge in [0.2, 0.25) is 11.8 Å². The first-order valence-corrected chi connectivity index (χ1v) is 11.0. The Morgan fingerprint density at radius 3 is 2.55 bits per heavy atom. The Morgan fingerprint density at radius 1 is 1.17 bits per heavy atom. The zero-order valence-corrected chi connectivity index (χ0v) is 18.6. The number of nitrogens with one attached hydrogen (secondary N) is 1. The second kappa shape index (κ2) is 11.7. The number of benzene rings is 2. The van der Waals surface area contributed by atoms with Gasteiger partial charge in [-0.2, -0.15) is 0 Å². The second-order valence-corrected chi connectivity index (χ2v) is 7.99. The molecule has 0 aliphatic heterocycles. The minimum Gasteiger partial charge on any atom is -0.497 e. The minimum absolute atomic E-state index is 0.0782. The highest BCUT2D eigenvalue weighted by Crippen LogP contribution is 2.19. The lowest BCUT2D eigenvalue weighted by Gasteiger charge is -2.28. The van der Waals surface area contributed by atoms with Crippen LogP contribution in [0, 0.1) is 0 Å². The van der Waals surface area contributed by atoms with E-state index in [9.17, 15) is 9.59 Å². The third kappa shape index (κ3) is 7.29. The smallest absolute Gasteiger partial charge is 0.242 e. The molecule has 2 amide bonds. The van der Waals surface area contributed by atoms with Crippen molar-refractivity contribution in [2.24, 2.45) is 0 Å². The summed E-state index contributed by atoms with van der Waals surface area (Å²) < 4.78 is 5.27. The maximum Gasteiger partial charge on any atom is 0.242 e. The van der Waals surface area contributed by atoms with E-state index in [1.807, 2.05) is 55.5 Å². The molecule has 2 aromatic rings. The number of nitrogens with zero attached hydrogens (tertiary/aromatic N) is 1. The molecule has 2 aromatic carbocycles. The molecular formula is C22H27ClN2O3S. The van der Waals surface area contributed by atoms with Crippen LogP contribution in [0.5, 0.6) is 5.75 Å². The first-order valence-electron chi connectivity index (χ1n) is 9.47. The van der Waals surface area contributed by atoms with Crippen molar-refractivity contribution in [3.8, 4) is 5.75 Å². The molecule has 0 unspecified atom stereocenters. The number of methoxy groups -OCH3 is 1. The molecule has 0 bridgehead atoms. The van der Waals surface area contributed by atoms with E-state index in [2.05, 4.69) is 5.32 Å². The van der Waals surface area contributed by atoms with E-state index in [1.54, 1.807) is 18.9 Å². The average Bonchev–Trinajstić information content (AvgIpc) is 2.73. The molecule has 7 heteroatoms. The fourth-order valence-corrected chi connectivity index (χ4v) is 3.79. The first kappa shape index (κ1) is 23.1. The summed E-state index contributed by atoms with van der Waals surface area (Å²) >= 11 is 7.43. The second-order valence-electron chi connectivity index (χ2n) is 6.56. The quantitative estimate of drug-likeness (QED) is 0.610. The summed E-state index contributed by atoms with van der Waals surface area (Å²) in [6.07, 6.45) is 0. The van der Waals surface area contributed by atoms with Crippen molar-refractivity contribution in [2.45, 2.75) is 32.2 Å². The number of carbonyl (C=O) groups is 2. The van der Waals surface area contributed by atoms with Gasteiger partial charge >= 0.3 is 0 Å². The number of rotatable bonds is 10. The van der Waals surface area contributed by atoms with Gasteiger partial charge in [0.25, 0.3) is 0 Å². The van der Waals surface area contributed by atoms with Crippen LogP contribution in [0.4, 0.5) is 0 Å². The van der Waals surface area contributed by atoms with Crippen LogP contribution in [0.2, 0.25) is 5.02 Å². The molecule has 0 fully saturated rings. The van der Waals surface area contributed by atoms with E-state index in [4.69, 9.17) is 16.3 Å². The van der Waals surface area contributed by atoms with Crippen molar-refractivity contribution in [2.75, 3.05) is 19.4 Å². The Hall–Kier alpha value is -2.18. The third-order valence-corrected chi connectivity index (χ3v) is 5.65. The van der Waals surface area contributed by atoms with Crippen molar-refractivity contribution in [3.63, 3.8) is 0 Å². The van der Waals surface area contributed by atoms with Gasteiger partial charge < -0.3 is 15.0 Å². The molecule has 0 heterocycles. The number of thioether (sulfide) groups is 1. The van der Waals surface area contributed by atoms with Crippen LogP contribution in [0.25, 0.3) is 0 Å². The minimum atomic E-state index is -0.565. The lowest BCUT2D eigenvalue weighted by molar-refractivity contribution is -0.138. The highest BCUT2D eigenvalue weighted by atomic mass is 35.5. The molecular weight excluding hydrogens is 408 g/mol. The third-order valence-electron chi connectivity index (χ3n) is 4.41. The number of hydrogen-bond donors (Lipinski definition) is 1. The molecule has 1 atom stereocenters. The standard InChI is InChI=1S/C22H27ClN2O3S/c1-4-24-22(27)16(2)25(13-18-6-5-7-20(12-18)28-3)21(26)15-29-14-17-8-10-19(23)11-9-17/h5-12,16H,4,13-15H2,1-3H3,(H,24,27)/t16-/m1/s1. The molecule has 2 rings (SSSR count). The fourth-order valence-electron chi connectivity index (χ4n) is 2.79. The van der Waals surface area contributed by atoms with Crippen molar-refractivity contribution >= 4 is 35.2 Å². The fraction of sp³-hybridized carbons (Fsp3) is 0.364. The highest BCUT2D eigenvalue weighted by Gasteiger charge is 2.25. The molecule has 0 saturated heterocycles. The van der Waals surface area contributed by atoms with Gasteiger partial charge in [0.1, 0.15) is 11.8 Å². The van der Waals surface area contributed by atoms with E-state index in [0.717, 1.165) is 16.9 Å². The number of carbonyl (C=O) groups excluding carboxylic acids is 2. The first-order chi connectivity index (χ1) is 13.9. The highest BCUT2D eigenvalue weighted by molar-refractivity contribution is 7.99. The van der Waals surface area contributed by atoms with Crippen molar-refractivity contribution in [1.82, 2.24) is 10.2 Å². The van der Waals surface area contributed by atoms with Crippen LogP contribution in [0.3, 0.4) is 0 Å². The van der Waals surface area contributed by atoms with E-state index in [-0.39, 0.29) is 17.6 Å². The lowest BCUT2D eigenvalue weighted by Crippen LogP contribution is -2.48. The van der Waals surface area contributed by atoms with Gasteiger partial charge in [-0.3, -0.25) is 9.59 Å². The summed E-state index contributed by atoms with van der Waals surface area (Å²) in [6, 6.07) is 14.5. The van der Waals surface area contributed by atoms with Crippen LogP contribution in [0.1, 0.15) is 25.0 Å². The zero-order valence-electron chi connectivity index (χ0n) is 17.0. The Bertz CT molecular complexity index is 814. The van der Waals surface area contributed by atoms with E-state index >= 15 is 0 Å². The van der Waals surface area contributed by atoms with E-state index < -0.39 is 6.04 Å². The molecule has 1 N–H and O–H groups in total. The number of likely N-dealkylation sites (N-methyl/N-ethyl adjacent to an activating group) is 1. The maximum atomic E-state index is 13.0. The Balaban J connectivity index is 2.06. The maximum absolute atomic E-state index is 13.0. The molecule has 0 saturated carbocycles. The molecule has 0 spiro atoms. The van der Waals surface area contributed by atoms with Crippen molar-refractivity contribution < 1.29 is 14.3 Å². The van der Waals surface area contributed by atoms with E-state index in [1.165, 1.54) is 11.8 Å². The number of hydrogen-bond acceptors (Lipinski definition) is 4. The molecule has 5 nitrogen and oxygen atoms in total. The summed E-state index contributed by atoms with van der Waals surface area (Å²) in [5, 5.41) is 3.49. The van der Waals surface area contributed by atoms with Crippen molar-refractivity contribution in [3.05, 3.63) is 64.7 Å². The lowest BCUT2D eigenvalue weighted by atomic mass is 10.1. The SMILES string of the molecule is CCNC(=O)[C@@H](C)N(Cc1cccc(OC)c1)C(=O)CSCc1ccc(Cl)cc1. The molecule has 0 radical (unpaired) electrons. The van der Waals surface area contributed by atoms with Gasteiger partial charge in [0.15, 0.2) is 0 Å². The predicted molar refractivity (Wildman–Crippen MR) is 119 cm³/mol. The Labute approximate surface area is 181 Å². The van der Waals surface area contributed by atoms with Gasteiger partial charge in [0, 0.05) is 23.9 Å². The summed E-state index contributed by atoms with van der Waals surface area (Å²) in [4.78, 5) is 27.0. The number of amides is 2. The molecule has 156 valence electrons. The molecule has 0 aliphatic rings. The summed E-state index contributed by atoms with van der Waals surface area (Å²) in [5.41, 5.74) is 2.01. The normalized spacial score (nSPS) is 11.6. The summed E-state index contributed by atoms with van der Waals surface area (Å²) in [5.74, 6) is 1.47. The van der Waals surface area contributed by atoms with Crippen LogP contribution < -0.4 is 10.1 Å². The van der Waals surface area contributed by atoms with Crippen LogP contribution >= 0.6 is 23.4 Å². The Morgan fingerprint density at radius 2 is 1.90 bits per heavy atom. The van der Waals surface area contributed by atoms with Gasteiger partial charge in [-0.05, 0) is 49.2 Å². The predicted octanol–water partition coefficient (Wildman–Crippen LogP) is 4.14. The zero-order chi connectivity index (χ0) is 21.2. The van der Waals surface area contributed by atoms with E-state index in [0.29, 0.717) is 23.9 Å². The summed E-state index contributed by atoms with van der Waals surface area (Å²) in [6.45, 7) is 4.49. The van der Waals surface area contributed by atoms with Gasteiger partial charge in [0.05, 0.1) is 12.9 Å². The van der Waals surface area contributed by atoms with Crippen molar-refractivity contribution in [1.29, 1.82) is 0 Å². The molecule has 29 heavy (non-hydrogen) atoms. The molecule has 0 aromatic heterocycles. The topological polar surface area (TPSA) is 58.6 Å². The molecule has 0 aliphatic carbocycles. The number of ether oxygens (including phenoxy) is 1. The summed E-state index contributed by atoms with van der Waals surface area (Å²) in [7, 11) is 1.60. The largest absolute Gasteiger partial charge is 0.497 e. The Kier molecular flexibility index (Phi) is 9.35. The van der Waals surface area contributed by atoms with Crippen LogP contribution in [0.15, 0.2) is 48.5 Å².